The Bertz CT molecular complexity index is 668. The number of nitrogens with two attached hydrogens (primary N) is 1. The highest BCUT2D eigenvalue weighted by Gasteiger charge is 2.19. The standard InChI is InChI=1S/C19H24N2O3S/c1-14-7-9-15(10-8-14)19(16-5-4-12-25-16)21-13-17(22)20-11-3-6-18(23)24-2/h4-5,7-10,12,19,21H,3,6,11,13H2,1-2H3,(H,20,22)/p+1/t19-/m1/s1. The summed E-state index contributed by atoms with van der Waals surface area (Å²) in [5.74, 6) is -0.281. The molecular formula is C19H25N2O3S+. The van der Waals surface area contributed by atoms with Crippen LogP contribution in [0.15, 0.2) is 41.8 Å². The van der Waals surface area contributed by atoms with Crippen molar-refractivity contribution >= 4 is 23.2 Å². The van der Waals surface area contributed by atoms with Crippen LogP contribution in [0.2, 0.25) is 0 Å². The molecule has 0 spiro atoms. The first-order valence-corrected chi connectivity index (χ1v) is 9.25. The van der Waals surface area contributed by atoms with Crippen molar-refractivity contribution in [2.24, 2.45) is 0 Å². The molecule has 0 unspecified atom stereocenters. The third-order valence-corrected chi connectivity index (χ3v) is 4.89. The molecule has 1 aromatic carbocycles. The number of amides is 1. The van der Waals surface area contributed by atoms with Gasteiger partial charge in [-0.3, -0.25) is 9.59 Å². The van der Waals surface area contributed by atoms with Gasteiger partial charge in [0.1, 0.15) is 6.04 Å². The molecule has 0 aliphatic carbocycles. The highest BCUT2D eigenvalue weighted by molar-refractivity contribution is 7.10. The molecule has 3 N–H and O–H groups in total. The fraction of sp³-hybridized carbons (Fsp3) is 0.368. The van der Waals surface area contributed by atoms with Gasteiger partial charge in [-0.25, -0.2) is 0 Å². The van der Waals surface area contributed by atoms with Crippen molar-refractivity contribution in [1.29, 1.82) is 0 Å². The van der Waals surface area contributed by atoms with E-state index in [1.165, 1.54) is 23.1 Å². The Balaban J connectivity index is 1.87. The molecular weight excluding hydrogens is 336 g/mol. The number of aryl methyl sites for hydroxylation is 1. The molecule has 5 nitrogen and oxygen atoms in total. The second-order valence-electron chi connectivity index (χ2n) is 5.87. The summed E-state index contributed by atoms with van der Waals surface area (Å²) in [5.41, 5.74) is 2.41. The number of rotatable bonds is 9. The number of methoxy groups -OCH3 is 1. The first-order chi connectivity index (χ1) is 12.1. The zero-order valence-corrected chi connectivity index (χ0v) is 15.5. The molecule has 25 heavy (non-hydrogen) atoms. The quantitative estimate of drug-likeness (QED) is 0.528. The number of ether oxygens (including phenoxy) is 1. The van der Waals surface area contributed by atoms with Crippen LogP contribution in [0.4, 0.5) is 0 Å². The number of esters is 1. The number of hydrogen-bond donors (Lipinski definition) is 2. The van der Waals surface area contributed by atoms with Crippen LogP contribution >= 0.6 is 11.3 Å². The molecule has 1 amide bonds. The lowest BCUT2D eigenvalue weighted by Gasteiger charge is -2.15. The van der Waals surface area contributed by atoms with E-state index in [2.05, 4.69) is 52.7 Å². The summed E-state index contributed by atoms with van der Waals surface area (Å²) < 4.78 is 4.58. The van der Waals surface area contributed by atoms with E-state index in [0.29, 0.717) is 25.9 Å². The topological polar surface area (TPSA) is 72.0 Å². The van der Waals surface area contributed by atoms with E-state index in [9.17, 15) is 9.59 Å². The lowest BCUT2D eigenvalue weighted by atomic mass is 10.0. The van der Waals surface area contributed by atoms with Crippen LogP contribution in [0.5, 0.6) is 0 Å². The summed E-state index contributed by atoms with van der Waals surface area (Å²) in [4.78, 5) is 24.3. The maximum atomic E-state index is 12.1. The number of benzene rings is 1. The van der Waals surface area contributed by atoms with Gasteiger partial charge < -0.3 is 15.4 Å². The van der Waals surface area contributed by atoms with Gasteiger partial charge in [0.25, 0.3) is 5.91 Å². The number of thiophene rings is 1. The predicted octanol–water partition coefficient (Wildman–Crippen LogP) is 1.78. The zero-order valence-electron chi connectivity index (χ0n) is 14.7. The smallest absolute Gasteiger partial charge is 0.305 e. The van der Waals surface area contributed by atoms with Crippen molar-refractivity contribution in [3.63, 3.8) is 0 Å². The second-order valence-corrected chi connectivity index (χ2v) is 6.85. The summed E-state index contributed by atoms with van der Waals surface area (Å²) >= 11 is 1.69. The molecule has 1 atom stereocenters. The molecule has 0 radical (unpaired) electrons. The number of carbonyl (C=O) groups is 2. The minimum absolute atomic E-state index is 0.0291. The lowest BCUT2D eigenvalue weighted by Crippen LogP contribution is -2.87. The largest absolute Gasteiger partial charge is 0.469 e. The monoisotopic (exact) mass is 361 g/mol. The molecule has 2 aromatic rings. The van der Waals surface area contributed by atoms with Gasteiger partial charge in [-0.1, -0.05) is 35.9 Å². The van der Waals surface area contributed by atoms with Crippen molar-refractivity contribution in [2.45, 2.75) is 25.8 Å². The molecule has 1 aromatic heterocycles. The first kappa shape index (κ1) is 19.1. The van der Waals surface area contributed by atoms with Gasteiger partial charge in [0.15, 0.2) is 6.54 Å². The molecule has 134 valence electrons. The third kappa shape index (κ3) is 6.32. The van der Waals surface area contributed by atoms with Crippen molar-refractivity contribution in [1.82, 2.24) is 5.32 Å². The maximum Gasteiger partial charge on any atom is 0.305 e. The Kier molecular flexibility index (Phi) is 7.63. The van der Waals surface area contributed by atoms with Crippen LogP contribution in [-0.2, 0) is 14.3 Å². The summed E-state index contributed by atoms with van der Waals surface area (Å²) in [5, 5.41) is 6.95. The van der Waals surface area contributed by atoms with Gasteiger partial charge in [-0.05, 0) is 24.8 Å². The second kappa shape index (κ2) is 9.96. The molecule has 0 fully saturated rings. The van der Waals surface area contributed by atoms with Gasteiger partial charge >= 0.3 is 5.97 Å². The van der Waals surface area contributed by atoms with Gasteiger partial charge in [-0.2, -0.15) is 0 Å². The lowest BCUT2D eigenvalue weighted by molar-refractivity contribution is -0.676. The Morgan fingerprint density at radius 1 is 1.24 bits per heavy atom. The van der Waals surface area contributed by atoms with Crippen molar-refractivity contribution < 1.29 is 19.6 Å². The molecule has 0 saturated carbocycles. The first-order valence-electron chi connectivity index (χ1n) is 8.37. The number of nitrogens with one attached hydrogen (secondary N) is 1. The predicted molar refractivity (Wildman–Crippen MR) is 98.4 cm³/mol. The summed E-state index contributed by atoms with van der Waals surface area (Å²) in [6, 6.07) is 12.7. The van der Waals surface area contributed by atoms with Gasteiger partial charge in [-0.15, -0.1) is 11.3 Å². The van der Waals surface area contributed by atoms with Crippen LogP contribution in [-0.4, -0.2) is 32.1 Å². The molecule has 2 rings (SSSR count). The molecule has 0 aliphatic heterocycles. The maximum absolute atomic E-state index is 12.1. The van der Waals surface area contributed by atoms with Crippen LogP contribution in [0, 0.1) is 6.92 Å². The molecule has 0 aliphatic rings. The van der Waals surface area contributed by atoms with Crippen molar-refractivity contribution in [2.75, 3.05) is 20.2 Å². The van der Waals surface area contributed by atoms with E-state index < -0.39 is 0 Å². The van der Waals surface area contributed by atoms with Gasteiger partial charge in [0.2, 0.25) is 0 Å². The molecule has 1 heterocycles. The minimum atomic E-state index is -0.252. The van der Waals surface area contributed by atoms with Crippen LogP contribution in [0.3, 0.4) is 0 Å². The number of quaternary nitrogens is 1. The van der Waals surface area contributed by atoms with Gasteiger partial charge in [0, 0.05) is 18.5 Å². The number of hydrogen-bond acceptors (Lipinski definition) is 4. The van der Waals surface area contributed by atoms with E-state index in [1.54, 1.807) is 11.3 Å². The molecule has 0 bridgehead atoms. The SMILES string of the molecule is COC(=O)CCCNC(=O)C[NH2+][C@H](c1ccc(C)cc1)c1cccs1. The average Bonchev–Trinajstić information content (AvgIpc) is 3.14. The van der Waals surface area contributed by atoms with Crippen LogP contribution in [0.1, 0.15) is 34.9 Å². The third-order valence-electron chi connectivity index (χ3n) is 3.93. The van der Waals surface area contributed by atoms with E-state index in [1.807, 2.05) is 11.4 Å². The highest BCUT2D eigenvalue weighted by atomic mass is 32.1. The Hall–Kier alpha value is -2.18. The Labute approximate surface area is 152 Å². The molecule has 6 heteroatoms. The highest BCUT2D eigenvalue weighted by Crippen LogP contribution is 2.22. The minimum Gasteiger partial charge on any atom is -0.469 e. The van der Waals surface area contributed by atoms with Crippen molar-refractivity contribution in [3.8, 4) is 0 Å². The van der Waals surface area contributed by atoms with Gasteiger partial charge in [0.05, 0.1) is 12.0 Å². The Morgan fingerprint density at radius 2 is 2.00 bits per heavy atom. The Morgan fingerprint density at radius 3 is 2.64 bits per heavy atom. The zero-order chi connectivity index (χ0) is 18.1. The fourth-order valence-electron chi connectivity index (χ4n) is 2.52. The van der Waals surface area contributed by atoms with Crippen LogP contribution < -0.4 is 10.6 Å². The fourth-order valence-corrected chi connectivity index (χ4v) is 3.37. The summed E-state index contributed by atoms with van der Waals surface area (Å²) in [7, 11) is 1.37. The normalized spacial score (nSPS) is 11.8. The van der Waals surface area contributed by atoms with Crippen molar-refractivity contribution in [3.05, 3.63) is 57.8 Å². The van der Waals surface area contributed by atoms with E-state index in [4.69, 9.17) is 0 Å². The summed E-state index contributed by atoms with van der Waals surface area (Å²) in [6.45, 7) is 2.89. The van der Waals surface area contributed by atoms with E-state index >= 15 is 0 Å². The van der Waals surface area contributed by atoms with E-state index in [-0.39, 0.29) is 17.9 Å². The summed E-state index contributed by atoms with van der Waals surface area (Å²) in [6.07, 6.45) is 0.909. The number of carbonyl (C=O) groups excluding carboxylic acids is 2. The van der Waals surface area contributed by atoms with E-state index in [0.717, 1.165) is 0 Å². The molecule has 0 saturated heterocycles. The average molecular weight is 361 g/mol. The van der Waals surface area contributed by atoms with Crippen LogP contribution in [0.25, 0.3) is 0 Å².